The van der Waals surface area contributed by atoms with Crippen LogP contribution in [0.1, 0.15) is 30.6 Å². The summed E-state index contributed by atoms with van der Waals surface area (Å²) in [7, 11) is 0. The van der Waals surface area contributed by atoms with Gasteiger partial charge < -0.3 is 15.1 Å². The van der Waals surface area contributed by atoms with E-state index in [1.54, 1.807) is 11.3 Å². The Morgan fingerprint density at radius 2 is 2.12 bits per heavy atom. The van der Waals surface area contributed by atoms with Crippen molar-refractivity contribution in [2.24, 2.45) is 0 Å². The highest BCUT2D eigenvalue weighted by molar-refractivity contribution is 7.17. The van der Waals surface area contributed by atoms with Gasteiger partial charge in [0.25, 0.3) is 5.91 Å². The van der Waals surface area contributed by atoms with Crippen LogP contribution >= 0.6 is 11.3 Å². The molecule has 0 spiro atoms. The van der Waals surface area contributed by atoms with Crippen LogP contribution in [0.2, 0.25) is 0 Å². The summed E-state index contributed by atoms with van der Waals surface area (Å²) in [5, 5.41) is 6.02. The van der Waals surface area contributed by atoms with E-state index in [-0.39, 0.29) is 30.1 Å². The first kappa shape index (κ1) is 15.4. The molecule has 126 valence electrons. The highest BCUT2D eigenvalue weighted by atomic mass is 32.1. The lowest BCUT2D eigenvalue weighted by molar-refractivity contribution is 0.0647. The smallest absolute Gasteiger partial charge is 0.318 e. The average Bonchev–Trinajstić information content (AvgIpc) is 3.13. The fraction of sp³-hybridized carbons (Fsp3) is 0.444. The van der Waals surface area contributed by atoms with Gasteiger partial charge in [-0.05, 0) is 26.3 Å². The lowest BCUT2D eigenvalue weighted by Gasteiger charge is -2.37. The van der Waals surface area contributed by atoms with E-state index in [2.05, 4.69) is 5.32 Å². The minimum atomic E-state index is -0.00437. The van der Waals surface area contributed by atoms with Crippen molar-refractivity contribution >= 4 is 33.4 Å². The molecule has 1 N–H and O–H groups in total. The second-order valence-corrected chi connectivity index (χ2v) is 7.72. The van der Waals surface area contributed by atoms with E-state index < -0.39 is 0 Å². The molecule has 2 aliphatic heterocycles. The normalized spacial score (nSPS) is 23.7. The third-order valence-corrected chi connectivity index (χ3v) is 6.00. The average molecular weight is 343 g/mol. The minimum Gasteiger partial charge on any atom is -0.336 e. The summed E-state index contributed by atoms with van der Waals surface area (Å²) in [6.07, 6.45) is 0.829. The number of nitrogens with zero attached hydrogens (tertiary/aromatic N) is 2. The zero-order valence-electron chi connectivity index (χ0n) is 13.9. The maximum atomic E-state index is 13.0. The third kappa shape index (κ3) is 2.36. The summed E-state index contributed by atoms with van der Waals surface area (Å²) >= 11 is 1.60. The first-order valence-electron chi connectivity index (χ1n) is 8.40. The minimum absolute atomic E-state index is 0.00437. The number of piperidine rings is 1. The number of rotatable bonds is 2. The van der Waals surface area contributed by atoms with Crippen molar-refractivity contribution in [2.45, 2.75) is 38.4 Å². The molecule has 3 amide bonds. The Hall–Kier alpha value is -2.08. The van der Waals surface area contributed by atoms with Gasteiger partial charge >= 0.3 is 6.03 Å². The molecule has 2 aliphatic rings. The van der Waals surface area contributed by atoms with Gasteiger partial charge in [0, 0.05) is 34.6 Å². The number of carbonyl (C=O) groups is 2. The lowest BCUT2D eigenvalue weighted by Crippen LogP contribution is -2.53. The molecule has 2 atom stereocenters. The van der Waals surface area contributed by atoms with Gasteiger partial charge in [-0.15, -0.1) is 11.3 Å². The third-order valence-electron chi connectivity index (χ3n) is 5.03. The van der Waals surface area contributed by atoms with Crippen LogP contribution in [0.5, 0.6) is 0 Å². The van der Waals surface area contributed by atoms with Crippen LogP contribution in [-0.4, -0.2) is 53.0 Å². The Morgan fingerprint density at radius 1 is 1.33 bits per heavy atom. The number of urea groups is 1. The summed E-state index contributed by atoms with van der Waals surface area (Å²) < 4.78 is 1.14. The summed E-state index contributed by atoms with van der Waals surface area (Å²) in [4.78, 5) is 29.0. The fourth-order valence-electron chi connectivity index (χ4n) is 3.91. The molecule has 2 saturated heterocycles. The molecule has 0 bridgehead atoms. The molecule has 3 heterocycles. The van der Waals surface area contributed by atoms with Gasteiger partial charge in [0.15, 0.2) is 0 Å². The summed E-state index contributed by atoms with van der Waals surface area (Å²) in [5.41, 5.74) is 0.777. The van der Waals surface area contributed by atoms with E-state index in [1.807, 2.05) is 53.3 Å². The van der Waals surface area contributed by atoms with Crippen molar-refractivity contribution < 1.29 is 9.59 Å². The highest BCUT2D eigenvalue weighted by Crippen LogP contribution is 2.29. The van der Waals surface area contributed by atoms with Crippen LogP contribution in [0.15, 0.2) is 29.6 Å². The molecule has 24 heavy (non-hydrogen) atoms. The number of hydrogen-bond acceptors (Lipinski definition) is 3. The molecule has 1 aromatic heterocycles. The topological polar surface area (TPSA) is 52.7 Å². The van der Waals surface area contributed by atoms with Gasteiger partial charge in [0.05, 0.1) is 17.6 Å². The Labute approximate surface area is 145 Å². The second kappa shape index (κ2) is 5.77. The Morgan fingerprint density at radius 3 is 2.92 bits per heavy atom. The van der Waals surface area contributed by atoms with Crippen molar-refractivity contribution in [3.8, 4) is 0 Å². The summed E-state index contributed by atoms with van der Waals surface area (Å²) in [6.45, 7) is 5.36. The van der Waals surface area contributed by atoms with Crippen molar-refractivity contribution in [3.05, 3.63) is 35.2 Å². The molecule has 2 fully saturated rings. The zero-order valence-corrected chi connectivity index (χ0v) is 14.7. The van der Waals surface area contributed by atoms with Crippen LogP contribution in [0.25, 0.3) is 10.1 Å². The number of fused-ring (bicyclic) bond motifs is 2. The predicted molar refractivity (Wildman–Crippen MR) is 95.4 cm³/mol. The van der Waals surface area contributed by atoms with Crippen LogP contribution in [0, 0.1) is 0 Å². The van der Waals surface area contributed by atoms with Gasteiger partial charge in [-0.3, -0.25) is 4.79 Å². The van der Waals surface area contributed by atoms with Gasteiger partial charge in [0.1, 0.15) is 0 Å². The quantitative estimate of drug-likeness (QED) is 0.911. The summed E-state index contributed by atoms with van der Waals surface area (Å²) in [6, 6.07) is 8.41. The molecule has 0 unspecified atom stereocenters. The number of likely N-dealkylation sites (tertiary alicyclic amines) is 1. The second-order valence-electron chi connectivity index (χ2n) is 6.81. The van der Waals surface area contributed by atoms with Gasteiger partial charge in [-0.2, -0.15) is 0 Å². The standard InChI is InChI=1S/C18H21N3O2S/c1-11(2)21-15-7-8-20(9-14(15)19-18(21)23)17(22)13-10-24-16-6-4-3-5-12(13)16/h3-6,10-11,14-15H,7-9H2,1-2H3,(H,19,23)/t14-,15+/m1/s1. The number of amides is 3. The van der Waals surface area contributed by atoms with Gasteiger partial charge in [-0.25, -0.2) is 4.79 Å². The van der Waals surface area contributed by atoms with E-state index in [0.717, 1.165) is 22.1 Å². The van der Waals surface area contributed by atoms with Crippen LogP contribution in [0.3, 0.4) is 0 Å². The number of benzene rings is 1. The first-order chi connectivity index (χ1) is 11.6. The van der Waals surface area contributed by atoms with E-state index in [4.69, 9.17) is 0 Å². The molecule has 2 aromatic rings. The molecular formula is C18H21N3O2S. The van der Waals surface area contributed by atoms with E-state index in [1.165, 1.54) is 0 Å². The molecule has 0 saturated carbocycles. The van der Waals surface area contributed by atoms with E-state index in [0.29, 0.717) is 13.1 Å². The van der Waals surface area contributed by atoms with Crippen molar-refractivity contribution in [3.63, 3.8) is 0 Å². The molecule has 6 heteroatoms. The monoisotopic (exact) mass is 343 g/mol. The first-order valence-corrected chi connectivity index (χ1v) is 9.28. The Kier molecular flexibility index (Phi) is 3.72. The number of hydrogen-bond donors (Lipinski definition) is 1. The lowest BCUT2D eigenvalue weighted by atomic mass is 9.98. The van der Waals surface area contributed by atoms with Crippen LogP contribution < -0.4 is 5.32 Å². The van der Waals surface area contributed by atoms with Crippen LogP contribution in [0.4, 0.5) is 4.79 Å². The fourth-order valence-corrected chi connectivity index (χ4v) is 4.85. The molecule has 0 radical (unpaired) electrons. The Bertz CT molecular complexity index is 800. The number of thiophene rings is 1. The largest absolute Gasteiger partial charge is 0.336 e. The molecule has 5 nitrogen and oxygen atoms in total. The van der Waals surface area contributed by atoms with Crippen molar-refractivity contribution in [1.82, 2.24) is 15.1 Å². The van der Waals surface area contributed by atoms with E-state index in [9.17, 15) is 9.59 Å². The van der Waals surface area contributed by atoms with E-state index >= 15 is 0 Å². The Balaban J connectivity index is 1.55. The van der Waals surface area contributed by atoms with Crippen LogP contribution in [-0.2, 0) is 0 Å². The zero-order chi connectivity index (χ0) is 16.8. The maximum absolute atomic E-state index is 13.0. The highest BCUT2D eigenvalue weighted by Gasteiger charge is 2.44. The number of nitrogens with one attached hydrogen (secondary N) is 1. The summed E-state index contributed by atoms with van der Waals surface area (Å²) in [5.74, 6) is 0.0724. The molecular weight excluding hydrogens is 322 g/mol. The van der Waals surface area contributed by atoms with Gasteiger partial charge in [0.2, 0.25) is 0 Å². The molecule has 0 aliphatic carbocycles. The molecule has 1 aromatic carbocycles. The SMILES string of the molecule is CC(C)N1C(=O)N[C@@H]2CN(C(=O)c3csc4ccccc34)CC[C@@H]21. The van der Waals surface area contributed by atoms with Crippen molar-refractivity contribution in [2.75, 3.05) is 13.1 Å². The number of carbonyl (C=O) groups excluding carboxylic acids is 2. The predicted octanol–water partition coefficient (Wildman–Crippen LogP) is 2.92. The maximum Gasteiger partial charge on any atom is 0.318 e. The van der Waals surface area contributed by atoms with Gasteiger partial charge in [-0.1, -0.05) is 18.2 Å². The van der Waals surface area contributed by atoms with Crippen molar-refractivity contribution in [1.29, 1.82) is 0 Å². The molecule has 4 rings (SSSR count).